The molecule has 11 nitrogen and oxygen atoms in total. The quantitative estimate of drug-likeness (QED) is 0.203. The maximum absolute atomic E-state index is 14.2. The molecule has 4 atom stereocenters. The summed E-state index contributed by atoms with van der Waals surface area (Å²) in [5.74, 6) is -4.60. The second kappa shape index (κ2) is 14.9. The van der Waals surface area contributed by atoms with Gasteiger partial charge in [-0.2, -0.15) is 5.10 Å². The molecule has 54 heavy (non-hydrogen) atoms. The zero-order valence-electron chi connectivity index (χ0n) is 30.4. The lowest BCUT2D eigenvalue weighted by molar-refractivity contribution is -0.148. The fraction of sp³-hybridized carbons (Fsp3) is 0.538. The summed E-state index contributed by atoms with van der Waals surface area (Å²) in [4.78, 5) is 44.1. The van der Waals surface area contributed by atoms with Crippen molar-refractivity contribution < 1.29 is 41.1 Å². The highest BCUT2D eigenvalue weighted by Crippen LogP contribution is 2.54. The highest BCUT2D eigenvalue weighted by atomic mass is 32.2. The Kier molecular flexibility index (Phi) is 10.5. The SMILES string of the molecule is CC1(C)C[C@@H]1C(=O)N1CC2(CN(C(=O)c3cnn(Cc4ccc(F)cc4)c3)C[C@H]2COCc2cccc(C3CCCC(F)(F)CC3)c2C(=O)NS(=O)[O-])C1. The number of aromatic nitrogens is 2. The van der Waals surface area contributed by atoms with Gasteiger partial charge in [-0.3, -0.25) is 28.0 Å². The van der Waals surface area contributed by atoms with Crippen LogP contribution in [-0.4, -0.2) is 84.8 Å². The average Bonchev–Trinajstić information content (AvgIpc) is 3.38. The van der Waals surface area contributed by atoms with Crippen molar-refractivity contribution in [3.05, 3.63) is 88.5 Å². The number of nitrogens with zero attached hydrogens (tertiary/aromatic N) is 4. The molecular weight excluding hydrogens is 724 g/mol. The van der Waals surface area contributed by atoms with Crippen LogP contribution in [0.15, 0.2) is 54.9 Å². The van der Waals surface area contributed by atoms with Crippen molar-refractivity contribution in [2.75, 3.05) is 32.8 Å². The molecule has 3 heterocycles. The molecule has 2 aliphatic carbocycles. The van der Waals surface area contributed by atoms with Crippen LogP contribution in [0, 0.1) is 28.5 Å². The second-order valence-electron chi connectivity index (χ2n) is 16.3. The number of likely N-dealkylation sites (tertiary alicyclic amines) is 2. The number of alkyl halides is 2. The molecule has 0 bridgehead atoms. The van der Waals surface area contributed by atoms with Gasteiger partial charge in [-0.1, -0.05) is 44.2 Å². The van der Waals surface area contributed by atoms with E-state index in [2.05, 4.69) is 18.9 Å². The summed E-state index contributed by atoms with van der Waals surface area (Å²) in [6.45, 7) is 6.38. The van der Waals surface area contributed by atoms with Crippen molar-refractivity contribution in [2.45, 2.75) is 77.4 Å². The monoisotopic (exact) mass is 768 g/mol. The highest BCUT2D eigenvalue weighted by Gasteiger charge is 2.60. The van der Waals surface area contributed by atoms with Gasteiger partial charge >= 0.3 is 0 Å². The smallest absolute Gasteiger partial charge is 0.262 e. The molecular formula is C39H45F3N5O6S-. The number of benzene rings is 2. The lowest BCUT2D eigenvalue weighted by Crippen LogP contribution is -2.63. The molecule has 4 aliphatic rings. The lowest BCUT2D eigenvalue weighted by atomic mass is 9.71. The van der Waals surface area contributed by atoms with Crippen LogP contribution in [0.5, 0.6) is 0 Å². The van der Waals surface area contributed by atoms with Gasteiger partial charge in [0.2, 0.25) is 11.8 Å². The van der Waals surface area contributed by atoms with Gasteiger partial charge in [-0.25, -0.2) is 13.2 Å². The van der Waals surface area contributed by atoms with Crippen molar-refractivity contribution in [1.29, 1.82) is 0 Å². The third kappa shape index (κ3) is 8.13. The molecule has 3 amide bonds. The number of carbonyl (C=O) groups is 3. The summed E-state index contributed by atoms with van der Waals surface area (Å²) in [6.07, 6.45) is 4.33. The van der Waals surface area contributed by atoms with Crippen LogP contribution in [0.3, 0.4) is 0 Å². The van der Waals surface area contributed by atoms with Crippen molar-refractivity contribution in [1.82, 2.24) is 24.3 Å². The van der Waals surface area contributed by atoms with Gasteiger partial charge in [0.25, 0.3) is 11.8 Å². The van der Waals surface area contributed by atoms with Crippen LogP contribution in [-0.2, 0) is 33.9 Å². The van der Waals surface area contributed by atoms with Crippen LogP contribution >= 0.6 is 0 Å². The van der Waals surface area contributed by atoms with Gasteiger partial charge in [0, 0.05) is 79.3 Å². The first-order valence-corrected chi connectivity index (χ1v) is 19.5. The molecule has 15 heteroatoms. The normalized spacial score (nSPS) is 24.4. The van der Waals surface area contributed by atoms with E-state index >= 15 is 0 Å². The average molecular weight is 769 g/mol. The minimum absolute atomic E-state index is 0.0179. The van der Waals surface area contributed by atoms with Crippen molar-refractivity contribution in [2.24, 2.45) is 22.7 Å². The van der Waals surface area contributed by atoms with E-state index in [0.29, 0.717) is 55.8 Å². The molecule has 1 aromatic heterocycles. The van der Waals surface area contributed by atoms with E-state index in [0.717, 1.165) is 12.0 Å². The summed E-state index contributed by atoms with van der Waals surface area (Å²) in [5, 5.41) is 4.36. The molecule has 7 rings (SSSR count). The zero-order valence-corrected chi connectivity index (χ0v) is 31.2. The number of ether oxygens (including phenoxy) is 1. The minimum atomic E-state index is -2.89. The van der Waals surface area contributed by atoms with Gasteiger partial charge in [-0.15, -0.1) is 0 Å². The largest absolute Gasteiger partial charge is 0.755 e. The molecule has 2 aliphatic heterocycles. The summed E-state index contributed by atoms with van der Waals surface area (Å²) in [5.41, 5.74) is 1.85. The minimum Gasteiger partial charge on any atom is -0.755 e. The number of nitrogens with one attached hydrogen (secondary N) is 1. The molecule has 2 aromatic carbocycles. The molecule has 2 saturated heterocycles. The highest BCUT2D eigenvalue weighted by molar-refractivity contribution is 7.77. The summed E-state index contributed by atoms with van der Waals surface area (Å²) >= 11 is -2.89. The number of carbonyl (C=O) groups excluding carboxylic acids is 3. The first-order chi connectivity index (χ1) is 25.6. The third-order valence-electron chi connectivity index (χ3n) is 11.9. The molecule has 290 valence electrons. The van der Waals surface area contributed by atoms with Gasteiger partial charge in [0.15, 0.2) is 0 Å². The van der Waals surface area contributed by atoms with E-state index in [1.54, 1.807) is 46.1 Å². The van der Waals surface area contributed by atoms with E-state index in [1.165, 1.54) is 18.3 Å². The Morgan fingerprint density at radius 1 is 1.04 bits per heavy atom. The summed E-state index contributed by atoms with van der Waals surface area (Å²) in [7, 11) is 0. The van der Waals surface area contributed by atoms with Crippen molar-refractivity contribution in [3.63, 3.8) is 0 Å². The number of hydrogen-bond donors (Lipinski definition) is 1. The Balaban J connectivity index is 1.07. The van der Waals surface area contributed by atoms with Crippen LogP contribution in [0.1, 0.15) is 95.7 Å². The Morgan fingerprint density at radius 2 is 1.76 bits per heavy atom. The first-order valence-electron chi connectivity index (χ1n) is 18.5. The predicted molar refractivity (Wildman–Crippen MR) is 191 cm³/mol. The molecule has 2 unspecified atom stereocenters. The Bertz CT molecular complexity index is 1930. The van der Waals surface area contributed by atoms with Crippen LogP contribution in [0.4, 0.5) is 13.2 Å². The molecule has 2 saturated carbocycles. The summed E-state index contributed by atoms with van der Waals surface area (Å²) in [6, 6.07) is 11.2. The molecule has 3 aromatic rings. The van der Waals surface area contributed by atoms with Crippen LogP contribution in [0.25, 0.3) is 0 Å². The zero-order chi connectivity index (χ0) is 38.4. The van der Waals surface area contributed by atoms with Gasteiger partial charge in [0.05, 0.1) is 31.5 Å². The van der Waals surface area contributed by atoms with E-state index < -0.39 is 28.5 Å². The lowest BCUT2D eigenvalue weighted by Gasteiger charge is -2.51. The Labute approximate surface area is 315 Å². The molecule has 4 fully saturated rings. The number of rotatable bonds is 11. The number of hydrogen-bond acceptors (Lipinski definition) is 7. The standard InChI is InChI=1S/C39H46F3N5O6S/c1-37(2)15-32(37)36(50)46-23-38(24-46)22-45(35(49)28-16-43-47(18-28)17-25-8-10-30(40)11-9-25)19-29(38)21-53-20-27-5-3-7-31(33(27)34(48)44-54(51)52)26-6-4-13-39(41,42)14-12-26/h3,5,7-11,16,18,26,29,32H,4,6,12-15,17,19-24H2,1-2H3,(H,44,48)(H,51,52)/p-1/t26?,29-,32+/m0/s1. The van der Waals surface area contributed by atoms with Gasteiger partial charge < -0.3 is 19.1 Å². The van der Waals surface area contributed by atoms with Gasteiger partial charge in [-0.05, 0) is 65.8 Å². The third-order valence-corrected chi connectivity index (χ3v) is 12.3. The first kappa shape index (κ1) is 38.2. The van der Waals surface area contributed by atoms with Gasteiger partial charge in [0.1, 0.15) is 5.82 Å². The maximum Gasteiger partial charge on any atom is 0.262 e. The predicted octanol–water partition coefficient (Wildman–Crippen LogP) is 5.44. The van der Waals surface area contributed by atoms with E-state index in [1.807, 2.05) is 9.62 Å². The van der Waals surface area contributed by atoms with E-state index in [4.69, 9.17) is 4.74 Å². The summed E-state index contributed by atoms with van der Waals surface area (Å²) < 4.78 is 74.8. The second-order valence-corrected chi connectivity index (χ2v) is 17.0. The molecule has 1 N–H and O–H groups in total. The molecule has 0 radical (unpaired) electrons. The fourth-order valence-electron chi connectivity index (χ4n) is 8.64. The fourth-order valence-corrected chi connectivity index (χ4v) is 8.90. The topological polar surface area (TPSA) is 137 Å². The van der Waals surface area contributed by atoms with Crippen molar-refractivity contribution in [3.8, 4) is 0 Å². The number of halogens is 3. The molecule has 1 spiro atoms. The number of amides is 3. The maximum atomic E-state index is 14.2. The van der Waals surface area contributed by atoms with Crippen LogP contribution in [0.2, 0.25) is 0 Å². The van der Waals surface area contributed by atoms with E-state index in [9.17, 15) is 36.3 Å². The van der Waals surface area contributed by atoms with E-state index in [-0.39, 0.29) is 85.3 Å². The Hall–Kier alpha value is -4.08. The van der Waals surface area contributed by atoms with Crippen LogP contribution < -0.4 is 4.72 Å². The van der Waals surface area contributed by atoms with Crippen molar-refractivity contribution >= 4 is 29.0 Å². The Morgan fingerprint density at radius 3 is 2.46 bits per heavy atom.